The van der Waals surface area contributed by atoms with Crippen LogP contribution >= 0.6 is 11.6 Å². The van der Waals surface area contributed by atoms with Crippen molar-refractivity contribution < 1.29 is 8.42 Å². The Kier molecular flexibility index (Phi) is 6.62. The van der Waals surface area contributed by atoms with Crippen LogP contribution in [-0.4, -0.2) is 35.5 Å². The number of nitrogens with one attached hydrogen (secondary N) is 1. The zero-order valence-electron chi connectivity index (χ0n) is 13.2. The van der Waals surface area contributed by atoms with Crippen molar-refractivity contribution in [2.75, 3.05) is 12.8 Å². The standard InChI is InChI=1S/C16H22ClN3O2S/c1-20(12-14-6-8-15(17)9-7-14)23(21,22)10-4-2-3-5-16-11-18-13-19-16/h6-9,11,13H,2-5,10,12H2,1H3,(H,18,19). The van der Waals surface area contributed by atoms with E-state index in [0.29, 0.717) is 18.0 Å². The van der Waals surface area contributed by atoms with E-state index in [4.69, 9.17) is 11.6 Å². The Bertz CT molecular complexity index is 685. The van der Waals surface area contributed by atoms with E-state index in [0.717, 1.165) is 30.5 Å². The van der Waals surface area contributed by atoms with Gasteiger partial charge in [0.25, 0.3) is 0 Å². The number of imidazole rings is 1. The van der Waals surface area contributed by atoms with Crippen molar-refractivity contribution in [3.63, 3.8) is 0 Å². The highest BCUT2D eigenvalue weighted by Gasteiger charge is 2.17. The number of H-pyrrole nitrogens is 1. The van der Waals surface area contributed by atoms with Crippen molar-refractivity contribution in [1.82, 2.24) is 14.3 Å². The number of aryl methyl sites for hydroxylation is 1. The highest BCUT2D eigenvalue weighted by Crippen LogP contribution is 2.14. The van der Waals surface area contributed by atoms with Crippen molar-refractivity contribution in [3.05, 3.63) is 53.1 Å². The minimum Gasteiger partial charge on any atom is -0.351 e. The number of benzene rings is 1. The van der Waals surface area contributed by atoms with Gasteiger partial charge in [0, 0.05) is 24.8 Å². The molecule has 1 N–H and O–H groups in total. The van der Waals surface area contributed by atoms with E-state index in [1.807, 2.05) is 18.3 Å². The molecule has 0 amide bonds. The Morgan fingerprint density at radius 3 is 2.57 bits per heavy atom. The molecule has 0 unspecified atom stereocenters. The number of hydrogen-bond acceptors (Lipinski definition) is 3. The Morgan fingerprint density at radius 1 is 1.17 bits per heavy atom. The first kappa shape index (κ1) is 18.0. The molecule has 0 atom stereocenters. The van der Waals surface area contributed by atoms with Gasteiger partial charge in [0.15, 0.2) is 0 Å². The number of sulfonamides is 1. The van der Waals surface area contributed by atoms with Crippen molar-refractivity contribution in [2.45, 2.75) is 32.2 Å². The number of aromatic amines is 1. The van der Waals surface area contributed by atoms with Crippen LogP contribution in [0.5, 0.6) is 0 Å². The smallest absolute Gasteiger partial charge is 0.214 e. The highest BCUT2D eigenvalue weighted by atomic mass is 35.5. The predicted octanol–water partition coefficient (Wildman–Crippen LogP) is 3.24. The van der Waals surface area contributed by atoms with Gasteiger partial charge < -0.3 is 4.98 Å². The lowest BCUT2D eigenvalue weighted by molar-refractivity contribution is 0.464. The van der Waals surface area contributed by atoms with Gasteiger partial charge in [0.05, 0.1) is 17.8 Å². The van der Waals surface area contributed by atoms with Gasteiger partial charge in [-0.05, 0) is 37.0 Å². The van der Waals surface area contributed by atoms with Crippen molar-refractivity contribution >= 4 is 21.6 Å². The van der Waals surface area contributed by atoms with Crippen LogP contribution in [0.25, 0.3) is 0 Å². The third-order valence-corrected chi connectivity index (χ3v) is 5.82. The first-order chi connectivity index (χ1) is 11.0. The van der Waals surface area contributed by atoms with Crippen LogP contribution in [0.2, 0.25) is 5.02 Å². The van der Waals surface area contributed by atoms with Crippen LogP contribution < -0.4 is 0 Å². The molecule has 2 rings (SSSR count). The van der Waals surface area contributed by atoms with Gasteiger partial charge in [-0.3, -0.25) is 0 Å². The molecule has 0 spiro atoms. The minimum absolute atomic E-state index is 0.178. The molecule has 2 aromatic rings. The summed E-state index contributed by atoms with van der Waals surface area (Å²) in [5, 5.41) is 0.649. The SMILES string of the molecule is CN(Cc1ccc(Cl)cc1)S(=O)(=O)CCCCCc1c[nH]cn1. The molecule has 0 bridgehead atoms. The average molecular weight is 356 g/mol. The van der Waals surface area contributed by atoms with Gasteiger partial charge in [-0.1, -0.05) is 30.2 Å². The van der Waals surface area contributed by atoms with E-state index in [-0.39, 0.29) is 5.75 Å². The van der Waals surface area contributed by atoms with E-state index in [1.165, 1.54) is 4.31 Å². The Labute approximate surface area is 142 Å². The summed E-state index contributed by atoms with van der Waals surface area (Å²) in [6, 6.07) is 7.23. The summed E-state index contributed by atoms with van der Waals surface area (Å²) < 4.78 is 26.0. The zero-order valence-corrected chi connectivity index (χ0v) is 14.8. The lowest BCUT2D eigenvalue weighted by atomic mass is 10.2. The molecular weight excluding hydrogens is 334 g/mol. The summed E-state index contributed by atoms with van der Waals surface area (Å²) in [4.78, 5) is 7.07. The van der Waals surface area contributed by atoms with Gasteiger partial charge in [-0.2, -0.15) is 0 Å². The first-order valence-corrected chi connectivity index (χ1v) is 9.62. The molecule has 0 fully saturated rings. The van der Waals surface area contributed by atoms with E-state index < -0.39 is 10.0 Å². The molecule has 0 aliphatic rings. The number of rotatable bonds is 9. The number of halogens is 1. The summed E-state index contributed by atoms with van der Waals surface area (Å²) in [5.74, 6) is 0.178. The maximum absolute atomic E-state index is 12.3. The zero-order chi connectivity index (χ0) is 16.7. The third kappa shape index (κ3) is 5.97. The number of nitrogens with zero attached hydrogens (tertiary/aromatic N) is 2. The Morgan fingerprint density at radius 2 is 1.91 bits per heavy atom. The monoisotopic (exact) mass is 355 g/mol. The second-order valence-electron chi connectivity index (χ2n) is 5.57. The molecule has 1 aromatic carbocycles. The van der Waals surface area contributed by atoms with Crippen LogP contribution in [0.1, 0.15) is 30.5 Å². The molecule has 0 radical (unpaired) electrons. The van der Waals surface area contributed by atoms with Crippen LogP contribution in [0.4, 0.5) is 0 Å². The first-order valence-electron chi connectivity index (χ1n) is 7.63. The fourth-order valence-corrected chi connectivity index (χ4v) is 3.65. The highest BCUT2D eigenvalue weighted by molar-refractivity contribution is 7.89. The van der Waals surface area contributed by atoms with Crippen molar-refractivity contribution in [1.29, 1.82) is 0 Å². The molecule has 0 saturated carbocycles. The van der Waals surface area contributed by atoms with Gasteiger partial charge >= 0.3 is 0 Å². The average Bonchev–Trinajstić information content (AvgIpc) is 3.02. The van der Waals surface area contributed by atoms with Crippen LogP contribution in [0.15, 0.2) is 36.8 Å². The van der Waals surface area contributed by atoms with E-state index in [2.05, 4.69) is 9.97 Å². The summed E-state index contributed by atoms with van der Waals surface area (Å²) in [6.45, 7) is 0.368. The molecule has 23 heavy (non-hydrogen) atoms. The lowest BCUT2D eigenvalue weighted by Crippen LogP contribution is -2.28. The fraction of sp³-hybridized carbons (Fsp3) is 0.438. The molecule has 0 aliphatic heterocycles. The van der Waals surface area contributed by atoms with Crippen LogP contribution in [0, 0.1) is 0 Å². The molecular formula is C16H22ClN3O2S. The second kappa shape index (κ2) is 8.47. The Hall–Kier alpha value is -1.37. The number of unbranched alkanes of at least 4 members (excludes halogenated alkanes) is 2. The molecule has 0 saturated heterocycles. The van der Waals surface area contributed by atoms with Gasteiger partial charge in [0.1, 0.15) is 0 Å². The summed E-state index contributed by atoms with van der Waals surface area (Å²) in [6.07, 6.45) is 6.90. The fourth-order valence-electron chi connectivity index (χ4n) is 2.30. The number of hydrogen-bond donors (Lipinski definition) is 1. The maximum atomic E-state index is 12.3. The molecule has 1 aromatic heterocycles. The van der Waals surface area contributed by atoms with Crippen LogP contribution in [0.3, 0.4) is 0 Å². The van der Waals surface area contributed by atoms with Gasteiger partial charge in [0.2, 0.25) is 10.0 Å². The normalized spacial score (nSPS) is 12.0. The topological polar surface area (TPSA) is 66.1 Å². The van der Waals surface area contributed by atoms with Gasteiger partial charge in [-0.15, -0.1) is 0 Å². The van der Waals surface area contributed by atoms with E-state index in [9.17, 15) is 8.42 Å². The summed E-state index contributed by atoms with van der Waals surface area (Å²) in [7, 11) is -1.61. The van der Waals surface area contributed by atoms with Crippen molar-refractivity contribution in [2.24, 2.45) is 0 Å². The molecule has 5 nitrogen and oxygen atoms in total. The maximum Gasteiger partial charge on any atom is 0.214 e. The van der Waals surface area contributed by atoms with Crippen molar-refractivity contribution in [3.8, 4) is 0 Å². The number of aromatic nitrogens is 2. The largest absolute Gasteiger partial charge is 0.351 e. The van der Waals surface area contributed by atoms with E-state index >= 15 is 0 Å². The second-order valence-corrected chi connectivity index (χ2v) is 8.20. The quantitative estimate of drug-likeness (QED) is 0.702. The summed E-state index contributed by atoms with van der Waals surface area (Å²) in [5.41, 5.74) is 1.95. The summed E-state index contributed by atoms with van der Waals surface area (Å²) >= 11 is 5.84. The third-order valence-electron chi connectivity index (χ3n) is 3.68. The molecule has 0 aliphatic carbocycles. The Balaban J connectivity index is 1.73. The minimum atomic E-state index is -3.22. The molecule has 1 heterocycles. The molecule has 126 valence electrons. The van der Waals surface area contributed by atoms with Crippen LogP contribution in [-0.2, 0) is 23.0 Å². The van der Waals surface area contributed by atoms with Gasteiger partial charge in [-0.25, -0.2) is 17.7 Å². The van der Waals surface area contributed by atoms with E-state index in [1.54, 1.807) is 25.5 Å². The lowest BCUT2D eigenvalue weighted by Gasteiger charge is -2.17. The predicted molar refractivity (Wildman–Crippen MR) is 92.8 cm³/mol. The molecule has 7 heteroatoms.